The number of hydrogen-bond acceptors (Lipinski definition) is 4. The predicted molar refractivity (Wildman–Crippen MR) is 116 cm³/mol. The highest BCUT2D eigenvalue weighted by atomic mass is 35.5. The third-order valence-corrected chi connectivity index (χ3v) is 5.64. The van der Waals surface area contributed by atoms with E-state index in [1.807, 2.05) is 24.8 Å². The van der Waals surface area contributed by atoms with Gasteiger partial charge >= 0.3 is 0 Å². The Morgan fingerprint density at radius 1 is 0.933 bits per heavy atom. The van der Waals surface area contributed by atoms with Crippen LogP contribution in [-0.4, -0.2) is 35.7 Å². The van der Waals surface area contributed by atoms with Gasteiger partial charge in [0.15, 0.2) is 0 Å². The summed E-state index contributed by atoms with van der Waals surface area (Å²) in [6, 6.07) is 12.3. The molecule has 0 saturated carbocycles. The van der Waals surface area contributed by atoms with Crippen molar-refractivity contribution in [1.82, 2.24) is 4.90 Å². The summed E-state index contributed by atoms with van der Waals surface area (Å²) in [5.74, 6) is -1.06. The first-order valence-corrected chi connectivity index (χ1v) is 10.3. The van der Waals surface area contributed by atoms with Crippen LogP contribution >= 0.6 is 11.6 Å². The molecule has 0 bridgehead atoms. The van der Waals surface area contributed by atoms with Gasteiger partial charge in [0, 0.05) is 24.3 Å². The van der Waals surface area contributed by atoms with Gasteiger partial charge in [-0.3, -0.25) is 14.4 Å². The lowest BCUT2D eigenvalue weighted by molar-refractivity contribution is -0.120. The lowest BCUT2D eigenvalue weighted by atomic mass is 10.1. The van der Waals surface area contributed by atoms with Crippen molar-refractivity contribution in [2.75, 3.05) is 23.3 Å². The summed E-state index contributed by atoms with van der Waals surface area (Å²) < 4.78 is 0. The fourth-order valence-electron chi connectivity index (χ4n) is 3.87. The molecular weight excluding hydrogens is 402 g/mol. The molecule has 0 unspecified atom stereocenters. The van der Waals surface area contributed by atoms with Crippen molar-refractivity contribution in [3.8, 4) is 0 Å². The summed E-state index contributed by atoms with van der Waals surface area (Å²) >= 11 is 6.21. The third kappa shape index (κ3) is 3.71. The zero-order chi connectivity index (χ0) is 21.4. The molecule has 2 aromatic carbocycles. The summed E-state index contributed by atoms with van der Waals surface area (Å²) in [7, 11) is 0. The monoisotopic (exact) mass is 423 g/mol. The van der Waals surface area contributed by atoms with Gasteiger partial charge < -0.3 is 10.2 Å². The number of halogens is 1. The van der Waals surface area contributed by atoms with E-state index in [4.69, 9.17) is 11.6 Å². The standard InChI is InChI=1S/C23H22ClN3O3/c1-14-11-15(2)13-18(12-14)27-22(29)19(24)20(23(27)30)25-17-7-5-16(6-8-17)21(28)26-9-3-4-10-26/h5-8,11-13,25H,3-4,9-10H2,1-2H3. The Kier molecular flexibility index (Phi) is 5.35. The summed E-state index contributed by atoms with van der Waals surface area (Å²) in [6.45, 7) is 5.37. The summed E-state index contributed by atoms with van der Waals surface area (Å²) in [4.78, 5) is 41.0. The summed E-state index contributed by atoms with van der Waals surface area (Å²) in [5, 5.41) is 2.79. The van der Waals surface area contributed by atoms with Crippen LogP contribution in [0.15, 0.2) is 53.2 Å². The maximum absolute atomic E-state index is 12.9. The van der Waals surface area contributed by atoms with Crippen LogP contribution in [0.1, 0.15) is 34.3 Å². The van der Waals surface area contributed by atoms with Crippen molar-refractivity contribution in [2.24, 2.45) is 0 Å². The van der Waals surface area contributed by atoms with Crippen molar-refractivity contribution in [3.63, 3.8) is 0 Å². The van der Waals surface area contributed by atoms with Crippen LogP contribution in [0, 0.1) is 13.8 Å². The normalized spacial score (nSPS) is 16.6. The number of rotatable bonds is 4. The molecular formula is C23H22ClN3O3. The van der Waals surface area contributed by atoms with Crippen molar-refractivity contribution in [3.05, 3.63) is 69.9 Å². The molecule has 1 saturated heterocycles. The van der Waals surface area contributed by atoms with E-state index in [0.717, 1.165) is 42.0 Å². The first-order valence-electron chi connectivity index (χ1n) is 9.88. The number of aryl methyl sites for hydroxylation is 2. The second kappa shape index (κ2) is 7.95. The smallest absolute Gasteiger partial charge is 0.283 e. The number of nitrogens with zero attached hydrogens (tertiary/aromatic N) is 2. The number of carbonyl (C=O) groups excluding carboxylic acids is 3. The van der Waals surface area contributed by atoms with Crippen molar-refractivity contribution >= 4 is 40.7 Å². The average molecular weight is 424 g/mol. The van der Waals surface area contributed by atoms with E-state index < -0.39 is 11.8 Å². The van der Waals surface area contributed by atoms with Gasteiger partial charge in [-0.15, -0.1) is 0 Å². The SMILES string of the molecule is Cc1cc(C)cc(N2C(=O)C(Cl)=C(Nc3ccc(C(=O)N4CCCC4)cc3)C2=O)c1. The number of likely N-dealkylation sites (tertiary alicyclic amines) is 1. The van der Waals surface area contributed by atoms with E-state index in [1.165, 1.54) is 0 Å². The predicted octanol–water partition coefficient (Wildman–Crippen LogP) is 3.98. The van der Waals surface area contributed by atoms with Crippen LogP contribution in [0.3, 0.4) is 0 Å². The van der Waals surface area contributed by atoms with Gasteiger partial charge in [0.05, 0.1) is 5.69 Å². The Morgan fingerprint density at radius 2 is 1.53 bits per heavy atom. The number of anilines is 2. The zero-order valence-electron chi connectivity index (χ0n) is 16.9. The molecule has 2 aliphatic rings. The molecule has 7 heteroatoms. The van der Waals surface area contributed by atoms with Gasteiger partial charge in [0.1, 0.15) is 10.7 Å². The van der Waals surface area contributed by atoms with Crippen LogP contribution in [0.2, 0.25) is 0 Å². The first kappa shape index (κ1) is 20.2. The molecule has 2 aliphatic heterocycles. The fourth-order valence-corrected chi connectivity index (χ4v) is 4.08. The maximum atomic E-state index is 12.9. The fraction of sp³-hybridized carbons (Fsp3) is 0.261. The second-order valence-electron chi connectivity index (χ2n) is 7.68. The highest BCUT2D eigenvalue weighted by Gasteiger charge is 2.39. The Balaban J connectivity index is 1.53. The third-order valence-electron chi connectivity index (χ3n) is 5.29. The lowest BCUT2D eigenvalue weighted by Crippen LogP contribution is -2.32. The molecule has 1 N–H and O–H groups in total. The molecule has 30 heavy (non-hydrogen) atoms. The van der Waals surface area contributed by atoms with Gasteiger partial charge in [-0.1, -0.05) is 17.7 Å². The Hall–Kier alpha value is -3.12. The van der Waals surface area contributed by atoms with Gasteiger partial charge in [0.25, 0.3) is 17.7 Å². The number of amides is 3. The van der Waals surface area contributed by atoms with Gasteiger partial charge in [-0.25, -0.2) is 4.90 Å². The van der Waals surface area contributed by atoms with E-state index in [1.54, 1.807) is 36.4 Å². The van der Waals surface area contributed by atoms with Crippen LogP contribution in [0.25, 0.3) is 0 Å². The number of carbonyl (C=O) groups is 3. The molecule has 0 atom stereocenters. The minimum Gasteiger partial charge on any atom is -0.350 e. The Bertz CT molecular complexity index is 1050. The quantitative estimate of drug-likeness (QED) is 0.755. The van der Waals surface area contributed by atoms with Gasteiger partial charge in [-0.05, 0) is 74.2 Å². The molecule has 0 aliphatic carbocycles. The molecule has 2 aromatic rings. The molecule has 1 fully saturated rings. The number of benzene rings is 2. The molecule has 3 amide bonds. The topological polar surface area (TPSA) is 69.7 Å². The van der Waals surface area contributed by atoms with Crippen LogP contribution < -0.4 is 10.2 Å². The van der Waals surface area contributed by atoms with E-state index >= 15 is 0 Å². The molecule has 4 rings (SSSR count). The van der Waals surface area contributed by atoms with E-state index in [0.29, 0.717) is 16.9 Å². The molecule has 0 radical (unpaired) electrons. The lowest BCUT2D eigenvalue weighted by Gasteiger charge is -2.17. The number of hydrogen-bond donors (Lipinski definition) is 1. The van der Waals surface area contributed by atoms with E-state index in [2.05, 4.69) is 5.32 Å². The minimum atomic E-state index is -0.560. The van der Waals surface area contributed by atoms with Crippen LogP contribution in [0.4, 0.5) is 11.4 Å². The summed E-state index contributed by atoms with van der Waals surface area (Å²) in [5.41, 5.74) is 3.57. The molecule has 0 aromatic heterocycles. The minimum absolute atomic E-state index is 0.00408. The zero-order valence-corrected chi connectivity index (χ0v) is 17.6. The largest absolute Gasteiger partial charge is 0.350 e. The Morgan fingerprint density at radius 3 is 2.13 bits per heavy atom. The van der Waals surface area contributed by atoms with Crippen LogP contribution in [0.5, 0.6) is 0 Å². The molecule has 154 valence electrons. The van der Waals surface area contributed by atoms with Gasteiger partial charge in [-0.2, -0.15) is 0 Å². The highest BCUT2D eigenvalue weighted by molar-refractivity contribution is 6.53. The molecule has 0 spiro atoms. The van der Waals surface area contributed by atoms with Crippen molar-refractivity contribution < 1.29 is 14.4 Å². The van der Waals surface area contributed by atoms with E-state index in [-0.39, 0.29) is 16.6 Å². The molecule has 2 heterocycles. The Labute approximate surface area is 180 Å². The van der Waals surface area contributed by atoms with Crippen molar-refractivity contribution in [1.29, 1.82) is 0 Å². The number of nitrogens with one attached hydrogen (secondary N) is 1. The van der Waals surface area contributed by atoms with Crippen molar-refractivity contribution in [2.45, 2.75) is 26.7 Å². The second-order valence-corrected chi connectivity index (χ2v) is 8.06. The molecule has 6 nitrogen and oxygen atoms in total. The van der Waals surface area contributed by atoms with Gasteiger partial charge in [0.2, 0.25) is 0 Å². The highest BCUT2D eigenvalue weighted by Crippen LogP contribution is 2.31. The van der Waals surface area contributed by atoms with Crippen LogP contribution in [-0.2, 0) is 9.59 Å². The summed E-state index contributed by atoms with van der Waals surface area (Å²) in [6.07, 6.45) is 2.07. The maximum Gasteiger partial charge on any atom is 0.283 e. The number of imide groups is 1. The first-order chi connectivity index (χ1) is 14.3. The van der Waals surface area contributed by atoms with E-state index in [9.17, 15) is 14.4 Å². The average Bonchev–Trinajstić information content (AvgIpc) is 3.31.